The van der Waals surface area contributed by atoms with E-state index in [1.807, 2.05) is 17.5 Å². The second-order valence-corrected chi connectivity index (χ2v) is 8.38. The number of amides is 1. The van der Waals surface area contributed by atoms with Gasteiger partial charge in [0.05, 0.1) is 11.9 Å². The van der Waals surface area contributed by atoms with Gasteiger partial charge in [-0.3, -0.25) is 4.79 Å². The molecule has 0 aliphatic rings. The van der Waals surface area contributed by atoms with Crippen molar-refractivity contribution in [2.45, 2.75) is 13.5 Å². The van der Waals surface area contributed by atoms with E-state index in [9.17, 15) is 4.79 Å². The van der Waals surface area contributed by atoms with Gasteiger partial charge in [0.2, 0.25) is 5.88 Å². The third-order valence-corrected chi connectivity index (χ3v) is 6.18. The SMILES string of the molecule is Cc1ccc(-c2csc3ncnc(OCC(=O)N(C)Cc4cccs4)c23)cc1. The molecule has 0 aliphatic heterocycles. The maximum atomic E-state index is 12.5. The number of thiophene rings is 2. The lowest BCUT2D eigenvalue weighted by atomic mass is 10.0. The molecule has 0 spiro atoms. The summed E-state index contributed by atoms with van der Waals surface area (Å²) in [6.07, 6.45) is 1.48. The van der Waals surface area contributed by atoms with Crippen molar-refractivity contribution in [2.24, 2.45) is 0 Å². The number of benzene rings is 1. The summed E-state index contributed by atoms with van der Waals surface area (Å²) in [5.41, 5.74) is 3.31. The Hall–Kier alpha value is -2.77. The Morgan fingerprint density at radius 3 is 2.71 bits per heavy atom. The predicted octanol–water partition coefficient (Wildman–Crippen LogP) is 4.77. The van der Waals surface area contributed by atoms with Crippen molar-refractivity contribution in [2.75, 3.05) is 13.7 Å². The van der Waals surface area contributed by atoms with Crippen molar-refractivity contribution in [3.63, 3.8) is 0 Å². The highest BCUT2D eigenvalue weighted by molar-refractivity contribution is 7.17. The van der Waals surface area contributed by atoms with Gasteiger partial charge in [-0.1, -0.05) is 35.9 Å². The van der Waals surface area contributed by atoms with Gasteiger partial charge in [0, 0.05) is 22.9 Å². The molecule has 7 heteroatoms. The molecule has 0 aliphatic carbocycles. The van der Waals surface area contributed by atoms with Gasteiger partial charge in [0.15, 0.2) is 6.61 Å². The normalized spacial score (nSPS) is 10.9. The minimum absolute atomic E-state index is 0.0584. The van der Waals surface area contributed by atoms with Crippen molar-refractivity contribution < 1.29 is 9.53 Å². The molecule has 0 saturated carbocycles. The quantitative estimate of drug-likeness (QED) is 0.460. The molecule has 5 nitrogen and oxygen atoms in total. The molecule has 0 radical (unpaired) electrons. The van der Waals surface area contributed by atoms with Crippen LogP contribution in [-0.2, 0) is 11.3 Å². The second kappa shape index (κ2) is 8.08. The number of carbonyl (C=O) groups excluding carboxylic acids is 1. The van der Waals surface area contributed by atoms with Gasteiger partial charge >= 0.3 is 0 Å². The van der Waals surface area contributed by atoms with Crippen LogP contribution in [0.4, 0.5) is 0 Å². The van der Waals surface area contributed by atoms with E-state index in [1.54, 1.807) is 34.6 Å². The second-order valence-electron chi connectivity index (χ2n) is 6.49. The molecule has 0 atom stereocenters. The van der Waals surface area contributed by atoms with Crippen LogP contribution in [0.1, 0.15) is 10.4 Å². The molecule has 0 N–H and O–H groups in total. The van der Waals surface area contributed by atoms with Gasteiger partial charge < -0.3 is 9.64 Å². The van der Waals surface area contributed by atoms with Gasteiger partial charge in [-0.05, 0) is 23.9 Å². The first-order valence-electron chi connectivity index (χ1n) is 8.80. The number of fused-ring (bicyclic) bond motifs is 1. The molecule has 3 aromatic heterocycles. The summed E-state index contributed by atoms with van der Waals surface area (Å²) in [6.45, 7) is 2.58. The predicted molar refractivity (Wildman–Crippen MR) is 114 cm³/mol. The molecule has 28 heavy (non-hydrogen) atoms. The summed E-state index contributed by atoms with van der Waals surface area (Å²) >= 11 is 3.18. The van der Waals surface area contributed by atoms with E-state index in [2.05, 4.69) is 46.5 Å². The fourth-order valence-corrected chi connectivity index (χ4v) is 4.53. The summed E-state index contributed by atoms with van der Waals surface area (Å²) < 4.78 is 5.83. The monoisotopic (exact) mass is 409 g/mol. The zero-order valence-electron chi connectivity index (χ0n) is 15.6. The van der Waals surface area contributed by atoms with E-state index in [0.717, 1.165) is 26.2 Å². The molecule has 142 valence electrons. The molecule has 4 rings (SSSR count). The van der Waals surface area contributed by atoms with E-state index >= 15 is 0 Å². The number of hydrogen-bond acceptors (Lipinski definition) is 6. The number of rotatable bonds is 6. The number of aryl methyl sites for hydroxylation is 1. The average molecular weight is 410 g/mol. The van der Waals surface area contributed by atoms with Crippen LogP contribution in [0.2, 0.25) is 0 Å². The third kappa shape index (κ3) is 3.90. The molecule has 0 saturated heterocycles. The first-order valence-corrected chi connectivity index (χ1v) is 10.6. The lowest BCUT2D eigenvalue weighted by molar-refractivity contribution is -0.132. The highest BCUT2D eigenvalue weighted by Gasteiger charge is 2.17. The molecule has 1 amide bonds. The van der Waals surface area contributed by atoms with Crippen LogP contribution >= 0.6 is 22.7 Å². The van der Waals surface area contributed by atoms with Crippen LogP contribution in [0, 0.1) is 6.92 Å². The zero-order valence-corrected chi connectivity index (χ0v) is 17.2. The lowest BCUT2D eigenvalue weighted by Gasteiger charge is -2.16. The van der Waals surface area contributed by atoms with Gasteiger partial charge in [-0.2, -0.15) is 0 Å². The molecule has 1 aromatic carbocycles. The van der Waals surface area contributed by atoms with Gasteiger partial charge in [-0.15, -0.1) is 22.7 Å². The number of carbonyl (C=O) groups is 1. The Morgan fingerprint density at radius 1 is 1.14 bits per heavy atom. The van der Waals surface area contributed by atoms with Crippen molar-refractivity contribution in [3.8, 4) is 17.0 Å². The summed E-state index contributed by atoms with van der Waals surface area (Å²) in [5, 5.41) is 4.91. The Labute approximate surface area is 171 Å². The summed E-state index contributed by atoms with van der Waals surface area (Å²) in [7, 11) is 1.78. The van der Waals surface area contributed by atoms with Crippen LogP contribution in [0.3, 0.4) is 0 Å². The fraction of sp³-hybridized carbons (Fsp3) is 0.190. The van der Waals surface area contributed by atoms with E-state index < -0.39 is 0 Å². The minimum atomic E-state index is -0.0905. The zero-order chi connectivity index (χ0) is 19.5. The summed E-state index contributed by atoms with van der Waals surface area (Å²) in [5.74, 6) is 0.354. The van der Waals surface area contributed by atoms with Crippen LogP contribution in [-0.4, -0.2) is 34.4 Å². The van der Waals surface area contributed by atoms with Crippen LogP contribution in [0.25, 0.3) is 21.3 Å². The van der Waals surface area contributed by atoms with Gasteiger partial charge in [0.1, 0.15) is 11.2 Å². The fourth-order valence-electron chi connectivity index (χ4n) is 2.87. The van der Waals surface area contributed by atoms with E-state index in [0.29, 0.717) is 12.4 Å². The van der Waals surface area contributed by atoms with Crippen molar-refractivity contribution in [3.05, 3.63) is 63.9 Å². The topological polar surface area (TPSA) is 55.3 Å². The van der Waals surface area contributed by atoms with Crippen LogP contribution in [0.5, 0.6) is 5.88 Å². The van der Waals surface area contributed by atoms with Crippen LogP contribution in [0.15, 0.2) is 53.5 Å². The smallest absolute Gasteiger partial charge is 0.260 e. The molecular formula is C21H19N3O2S2. The Bertz CT molecular complexity index is 1090. The van der Waals surface area contributed by atoms with E-state index in [4.69, 9.17) is 4.74 Å². The third-order valence-electron chi connectivity index (χ3n) is 4.43. The minimum Gasteiger partial charge on any atom is -0.467 e. The molecule has 3 heterocycles. The Kier molecular flexibility index (Phi) is 5.36. The summed E-state index contributed by atoms with van der Waals surface area (Å²) in [4.78, 5) is 24.8. The van der Waals surface area contributed by atoms with E-state index in [1.165, 1.54) is 11.9 Å². The molecule has 4 aromatic rings. The number of hydrogen-bond donors (Lipinski definition) is 0. The first-order chi connectivity index (χ1) is 13.6. The lowest BCUT2D eigenvalue weighted by Crippen LogP contribution is -2.30. The average Bonchev–Trinajstić information content (AvgIpc) is 3.36. The van der Waals surface area contributed by atoms with Crippen LogP contribution < -0.4 is 4.74 Å². The summed E-state index contributed by atoms with van der Waals surface area (Å²) in [6, 6.07) is 12.3. The molecule has 0 bridgehead atoms. The van der Waals surface area contributed by atoms with E-state index in [-0.39, 0.29) is 12.5 Å². The maximum absolute atomic E-state index is 12.5. The molecular weight excluding hydrogens is 390 g/mol. The highest BCUT2D eigenvalue weighted by Crippen LogP contribution is 2.37. The van der Waals surface area contributed by atoms with Gasteiger partial charge in [-0.25, -0.2) is 9.97 Å². The van der Waals surface area contributed by atoms with Crippen molar-refractivity contribution in [1.29, 1.82) is 0 Å². The number of nitrogens with zero attached hydrogens (tertiary/aromatic N) is 3. The molecule has 0 fully saturated rings. The number of aromatic nitrogens is 2. The molecule has 0 unspecified atom stereocenters. The number of ether oxygens (including phenoxy) is 1. The van der Waals surface area contributed by atoms with Gasteiger partial charge in [0.25, 0.3) is 5.91 Å². The maximum Gasteiger partial charge on any atom is 0.260 e. The highest BCUT2D eigenvalue weighted by atomic mass is 32.1. The standard InChI is InChI=1S/C21H19N3O2S2/c1-14-5-7-15(8-6-14)17-12-28-21-19(17)20(22-13-23-21)26-11-18(25)24(2)10-16-4-3-9-27-16/h3-9,12-13H,10-11H2,1-2H3. The Morgan fingerprint density at radius 2 is 1.96 bits per heavy atom. The van der Waals surface area contributed by atoms with Crippen molar-refractivity contribution >= 4 is 38.8 Å². The first kappa shape index (κ1) is 18.6. The number of likely N-dealkylation sites (N-methyl/N-ethyl adjacent to an activating group) is 1. The largest absolute Gasteiger partial charge is 0.467 e. The van der Waals surface area contributed by atoms with Crippen molar-refractivity contribution in [1.82, 2.24) is 14.9 Å². The Balaban J connectivity index is 1.54.